The highest BCUT2D eigenvalue weighted by atomic mass is 16.7. The summed E-state index contributed by atoms with van der Waals surface area (Å²) in [5.74, 6) is -2.15. The number of nitrogens with zero attached hydrogens (tertiary/aromatic N) is 1. The number of rotatable bonds is 58. The second-order valence-electron chi connectivity index (χ2n) is 22.3. The van der Waals surface area contributed by atoms with Crippen LogP contribution in [-0.2, 0) is 33.3 Å². The summed E-state index contributed by atoms with van der Waals surface area (Å²) >= 11 is 0. The van der Waals surface area contributed by atoms with Crippen molar-refractivity contribution in [3.8, 4) is 0 Å². The van der Waals surface area contributed by atoms with Crippen LogP contribution >= 0.6 is 0 Å². The van der Waals surface area contributed by atoms with Crippen LogP contribution in [0.4, 0.5) is 0 Å². The van der Waals surface area contributed by atoms with Crippen molar-refractivity contribution in [2.45, 2.75) is 206 Å². The summed E-state index contributed by atoms with van der Waals surface area (Å²) in [5, 5.41) is 9.73. The monoisotopic (exact) mass is 1220 g/mol. The number of carbonyl (C=O) groups excluding carboxylic acids is 2. The highest BCUT2D eigenvalue weighted by Gasteiger charge is 2.25. The fourth-order valence-corrected chi connectivity index (χ4v) is 7.86. The predicted molar refractivity (Wildman–Crippen MR) is 381 cm³/mol. The summed E-state index contributed by atoms with van der Waals surface area (Å²) in [5.41, 5.74) is 0. The van der Waals surface area contributed by atoms with Crippen molar-refractivity contribution in [1.29, 1.82) is 0 Å². The third kappa shape index (κ3) is 68.7. The molecule has 0 heterocycles. The van der Waals surface area contributed by atoms with Crippen molar-refractivity contribution in [2.24, 2.45) is 0 Å². The second kappa shape index (κ2) is 67.3. The summed E-state index contributed by atoms with van der Waals surface area (Å²) in [7, 11) is 5.92. The maximum absolute atomic E-state index is 12.9. The van der Waals surface area contributed by atoms with Crippen molar-refractivity contribution in [2.75, 3.05) is 47.5 Å². The Morgan fingerprint density at radius 1 is 0.337 bits per heavy atom. The van der Waals surface area contributed by atoms with Crippen LogP contribution in [0.1, 0.15) is 194 Å². The molecule has 2 unspecified atom stereocenters. The van der Waals surface area contributed by atoms with Crippen LogP contribution in [0.25, 0.3) is 0 Å². The van der Waals surface area contributed by atoms with Gasteiger partial charge in [-0.05, 0) is 154 Å². The van der Waals surface area contributed by atoms with E-state index in [0.29, 0.717) is 23.9 Å². The number of carbonyl (C=O) groups is 3. The number of carboxylic acids is 1. The number of ether oxygens (including phenoxy) is 4. The lowest BCUT2D eigenvalue weighted by Gasteiger charge is -2.25. The first-order valence-corrected chi connectivity index (χ1v) is 33.5. The number of allylic oxidation sites excluding steroid dienone is 38. The molecule has 0 saturated carbocycles. The quantitative estimate of drug-likeness (QED) is 0.0211. The minimum absolute atomic E-state index is 0.159. The highest BCUT2D eigenvalue weighted by molar-refractivity contribution is 5.71. The molecule has 0 radical (unpaired) electrons. The Labute approximate surface area is 542 Å². The van der Waals surface area contributed by atoms with E-state index in [-0.39, 0.29) is 32.7 Å². The first kappa shape index (κ1) is 82.4. The average molecular weight is 1220 g/mol. The molecule has 89 heavy (non-hydrogen) atoms. The Hall–Kier alpha value is -6.65. The Kier molecular flexibility index (Phi) is 62.3. The third-order valence-electron chi connectivity index (χ3n) is 12.9. The Balaban J connectivity index is 4.35. The normalized spacial score (nSPS) is 14.2. The van der Waals surface area contributed by atoms with E-state index in [2.05, 4.69) is 245 Å². The number of quaternary nitrogens is 1. The van der Waals surface area contributed by atoms with Crippen LogP contribution in [0.15, 0.2) is 231 Å². The summed E-state index contributed by atoms with van der Waals surface area (Å²) < 4.78 is 22.8. The van der Waals surface area contributed by atoms with E-state index < -0.39 is 30.3 Å². The van der Waals surface area contributed by atoms with Crippen molar-refractivity contribution in [3.63, 3.8) is 0 Å². The molecule has 0 bridgehead atoms. The van der Waals surface area contributed by atoms with Gasteiger partial charge in [0.1, 0.15) is 13.2 Å². The van der Waals surface area contributed by atoms with Crippen LogP contribution in [0.3, 0.4) is 0 Å². The summed E-state index contributed by atoms with van der Waals surface area (Å²) in [6.45, 7) is 4.50. The molecule has 0 fully saturated rings. The minimum atomic E-state index is -1.55. The fraction of sp³-hybridized carbons (Fsp3) is 0.487. The molecule has 0 spiro atoms. The zero-order valence-electron chi connectivity index (χ0n) is 56.0. The lowest BCUT2D eigenvalue weighted by molar-refractivity contribution is -0.870. The molecule has 1 N–H and O–H groups in total. The molecule has 492 valence electrons. The van der Waals surface area contributed by atoms with E-state index in [9.17, 15) is 19.5 Å². The maximum atomic E-state index is 12.9. The average Bonchev–Trinajstić information content (AvgIpc) is 3.64. The van der Waals surface area contributed by atoms with Crippen LogP contribution in [0, 0.1) is 0 Å². The molecule has 9 heteroatoms. The van der Waals surface area contributed by atoms with E-state index in [1.807, 2.05) is 21.1 Å². The fourth-order valence-electron chi connectivity index (χ4n) is 7.86. The molecule has 0 amide bonds. The second-order valence-corrected chi connectivity index (χ2v) is 22.3. The van der Waals surface area contributed by atoms with Gasteiger partial charge in [-0.25, -0.2) is 4.79 Å². The van der Waals surface area contributed by atoms with E-state index in [1.165, 1.54) is 0 Å². The van der Waals surface area contributed by atoms with Crippen molar-refractivity contribution in [3.05, 3.63) is 231 Å². The molecule has 0 rings (SSSR count). The van der Waals surface area contributed by atoms with Gasteiger partial charge < -0.3 is 28.5 Å². The molecule has 0 aliphatic carbocycles. The molecule has 0 saturated heterocycles. The van der Waals surface area contributed by atoms with Gasteiger partial charge in [0, 0.05) is 12.8 Å². The summed E-state index contributed by atoms with van der Waals surface area (Å²) in [6.07, 6.45) is 106. The first-order chi connectivity index (χ1) is 43.6. The Morgan fingerprint density at radius 3 is 0.921 bits per heavy atom. The molecule has 0 aromatic heterocycles. The molecule has 0 aliphatic rings. The van der Waals surface area contributed by atoms with E-state index in [0.717, 1.165) is 154 Å². The number of carboxylic acid groups (broad SMARTS) is 1. The molecule has 0 aliphatic heterocycles. The largest absolute Gasteiger partial charge is 0.477 e. The van der Waals surface area contributed by atoms with E-state index >= 15 is 0 Å². The molecular weight excluding hydrogens is 1100 g/mol. The van der Waals surface area contributed by atoms with Gasteiger partial charge in [0.05, 0.1) is 34.4 Å². The number of aliphatic carboxylic acids is 1. The standard InChI is InChI=1S/C80H119NO8/c1-6-8-10-12-14-16-18-20-22-24-26-28-30-31-32-33-34-35-36-37-38-39-40-41-42-43-44-45-46-47-49-51-53-55-57-59-61-63-65-67-69-71-78(83)89-76(75-88-80(79(84)85)86-73-72-81(3,4)5)74-87-77(82)70-68-66-64-62-60-58-56-54-52-50-48-29-27-25-23-21-19-17-15-13-11-9-7-2/h8-11,14-17,20-23,26-29,31-32,34-35,37-38,40-41,43-44,46-47,50-53,56-59,62,64,76,80H,6-7,12-13,18-19,24-25,30,33,36,39,42,45,48-49,54-55,60-61,63,65-75H2,1-5H3/p+1/b10-8-,11-9-,16-14-,17-15-,22-20-,23-21-,28-26-,29-27-,32-31-,35-34-,38-37-,41-40-,44-43-,47-46-,52-50-,53-51-,58-56-,59-57-,64-62-. The van der Waals surface area contributed by atoms with Gasteiger partial charge in [-0.2, -0.15) is 0 Å². The van der Waals surface area contributed by atoms with Gasteiger partial charge in [-0.15, -0.1) is 0 Å². The van der Waals surface area contributed by atoms with Gasteiger partial charge in [0.15, 0.2) is 6.10 Å². The smallest absolute Gasteiger partial charge is 0.361 e. The molecule has 9 nitrogen and oxygen atoms in total. The van der Waals surface area contributed by atoms with Crippen LogP contribution in [-0.4, -0.2) is 87.4 Å². The topological polar surface area (TPSA) is 108 Å². The van der Waals surface area contributed by atoms with Gasteiger partial charge >= 0.3 is 17.9 Å². The maximum Gasteiger partial charge on any atom is 0.361 e. The van der Waals surface area contributed by atoms with E-state index in [1.54, 1.807) is 0 Å². The number of likely N-dealkylation sites (N-methyl/N-ethyl adjacent to an activating group) is 1. The van der Waals surface area contributed by atoms with Crippen molar-refractivity contribution in [1.82, 2.24) is 0 Å². The van der Waals surface area contributed by atoms with Crippen molar-refractivity contribution >= 4 is 17.9 Å². The molecular formula is C80H120NO8+. The lowest BCUT2D eigenvalue weighted by Crippen LogP contribution is -2.40. The summed E-state index contributed by atoms with van der Waals surface area (Å²) in [4.78, 5) is 37.5. The third-order valence-corrected chi connectivity index (χ3v) is 12.9. The van der Waals surface area contributed by atoms with Crippen LogP contribution < -0.4 is 0 Å². The SMILES string of the molecule is CC/C=C\C/C=C\C/C=C\C/C=C\C/C=C\C/C=C\C/C=C\C/C=C\C/C=C\C/C=C\C/C=C\C/C=C\CCCCCCC(=O)OC(COC(=O)CCC/C=C\C/C=C\C/C=C\C/C=C\C/C=C\C/C=C\C/C=C\CC)COC(OCC[N+](C)(C)C)C(=O)O. The zero-order valence-corrected chi connectivity index (χ0v) is 56.0. The zero-order chi connectivity index (χ0) is 64.7. The van der Waals surface area contributed by atoms with Crippen LogP contribution in [0.2, 0.25) is 0 Å². The first-order valence-electron chi connectivity index (χ1n) is 33.5. The Morgan fingerprint density at radius 2 is 0.618 bits per heavy atom. The van der Waals surface area contributed by atoms with Gasteiger partial charge in [0.25, 0.3) is 6.29 Å². The Bertz CT molecular complexity index is 2310. The van der Waals surface area contributed by atoms with Crippen LogP contribution in [0.5, 0.6) is 0 Å². The van der Waals surface area contributed by atoms with E-state index in [4.69, 9.17) is 18.9 Å². The lowest BCUT2D eigenvalue weighted by atomic mass is 10.1. The van der Waals surface area contributed by atoms with Crippen molar-refractivity contribution < 1.29 is 42.9 Å². The highest BCUT2D eigenvalue weighted by Crippen LogP contribution is 2.11. The number of hydrogen-bond acceptors (Lipinski definition) is 7. The number of hydrogen-bond donors (Lipinski definition) is 1. The number of esters is 2. The molecule has 0 aromatic rings. The summed E-state index contributed by atoms with van der Waals surface area (Å²) in [6, 6.07) is 0. The number of unbranched alkanes of at least 4 members (excludes halogenated alkanes) is 5. The predicted octanol–water partition coefficient (Wildman–Crippen LogP) is 21.1. The molecule has 2 atom stereocenters. The van der Waals surface area contributed by atoms with Gasteiger partial charge in [-0.3, -0.25) is 9.59 Å². The van der Waals surface area contributed by atoms with Gasteiger partial charge in [0.2, 0.25) is 0 Å². The van der Waals surface area contributed by atoms with Gasteiger partial charge in [-0.1, -0.05) is 258 Å². The molecule has 0 aromatic carbocycles. The minimum Gasteiger partial charge on any atom is -0.477 e.